The molecule has 0 bridgehead atoms. The van der Waals surface area contributed by atoms with E-state index >= 15 is 4.39 Å². The number of hydrogen-bond acceptors (Lipinski definition) is 5. The minimum absolute atomic E-state index is 0.0148. The van der Waals surface area contributed by atoms with Gasteiger partial charge in [-0.2, -0.15) is 5.10 Å². The average Bonchev–Trinajstić information content (AvgIpc) is 3.37. The third kappa shape index (κ3) is 2.99. The Morgan fingerprint density at radius 1 is 1.12 bits per heavy atom. The predicted octanol–water partition coefficient (Wildman–Crippen LogP) is 4.81. The lowest BCUT2D eigenvalue weighted by Gasteiger charge is -2.58. The number of rotatable bonds is 4. The van der Waals surface area contributed by atoms with Crippen LogP contribution in [0.15, 0.2) is 29.1 Å². The van der Waals surface area contributed by atoms with Crippen LogP contribution in [0.25, 0.3) is 0 Å². The fraction of sp³-hybridized carbons (Fsp3) is 0.786. The number of halogens is 1. The van der Waals surface area contributed by atoms with Crippen LogP contribution in [0.1, 0.15) is 64.7 Å². The molecule has 6 heteroatoms. The smallest absolute Gasteiger partial charge is 0.159 e. The molecule has 0 saturated heterocycles. The molecule has 2 unspecified atom stereocenters. The number of ether oxygens (including phenoxy) is 1. The van der Waals surface area contributed by atoms with E-state index in [0.29, 0.717) is 36.0 Å². The monoisotopic (exact) mass is 467 g/mol. The van der Waals surface area contributed by atoms with Crippen LogP contribution in [0.2, 0.25) is 0 Å². The molecular weight excluding hydrogens is 429 g/mol. The highest BCUT2D eigenvalue weighted by atomic mass is 19.1. The maximum Gasteiger partial charge on any atom is 0.159 e. The number of hydrazone groups is 1. The summed E-state index contributed by atoms with van der Waals surface area (Å²) in [4.78, 5) is 13.6. The van der Waals surface area contributed by atoms with Crippen LogP contribution >= 0.6 is 0 Å². The maximum absolute atomic E-state index is 16.6. The minimum Gasteiger partial charge on any atom is -0.497 e. The van der Waals surface area contributed by atoms with Crippen LogP contribution < -0.4 is 5.43 Å². The van der Waals surface area contributed by atoms with Crippen LogP contribution in [0.5, 0.6) is 0 Å². The summed E-state index contributed by atoms with van der Waals surface area (Å²) in [7, 11) is 1.66. The van der Waals surface area contributed by atoms with Gasteiger partial charge in [0.15, 0.2) is 5.78 Å². The largest absolute Gasteiger partial charge is 0.497 e. The summed E-state index contributed by atoms with van der Waals surface area (Å²) in [5, 5.41) is 6.35. The van der Waals surface area contributed by atoms with Crippen molar-refractivity contribution in [2.24, 2.45) is 51.9 Å². The molecule has 1 N–H and O–H groups in total. The molecular formula is C28H38FN3O2. The van der Waals surface area contributed by atoms with E-state index in [-0.39, 0.29) is 23.3 Å². The first-order chi connectivity index (χ1) is 16.4. The van der Waals surface area contributed by atoms with Crippen LogP contribution in [0.4, 0.5) is 4.39 Å². The zero-order valence-electron chi connectivity index (χ0n) is 20.5. The van der Waals surface area contributed by atoms with Crippen molar-refractivity contribution < 1.29 is 13.9 Å². The summed E-state index contributed by atoms with van der Waals surface area (Å²) in [6.07, 6.45) is 15.4. The van der Waals surface area contributed by atoms with Crippen molar-refractivity contribution >= 4 is 11.5 Å². The first kappa shape index (κ1) is 21.6. The second-order valence-electron chi connectivity index (χ2n) is 12.6. The summed E-state index contributed by atoms with van der Waals surface area (Å²) in [5.41, 5.74) is 3.35. The molecule has 6 aliphatic carbocycles. The average molecular weight is 468 g/mol. The van der Waals surface area contributed by atoms with Crippen LogP contribution in [0.3, 0.4) is 0 Å². The van der Waals surface area contributed by atoms with Crippen molar-refractivity contribution in [3.8, 4) is 0 Å². The highest BCUT2D eigenvalue weighted by molar-refractivity contribution is 6.03. The molecule has 5 nitrogen and oxygen atoms in total. The van der Waals surface area contributed by atoms with Crippen molar-refractivity contribution in [3.05, 3.63) is 24.0 Å². The number of hydrazine groups is 1. The van der Waals surface area contributed by atoms with Gasteiger partial charge in [0.05, 0.1) is 18.9 Å². The summed E-state index contributed by atoms with van der Waals surface area (Å²) >= 11 is 0. The van der Waals surface area contributed by atoms with Gasteiger partial charge in [-0.1, -0.05) is 6.92 Å². The summed E-state index contributed by atoms with van der Waals surface area (Å²) in [5.74, 6) is 4.25. The number of nitrogens with zero attached hydrogens (tertiary/aromatic N) is 2. The number of carbonyl (C=O) groups is 1. The second-order valence-corrected chi connectivity index (χ2v) is 12.6. The molecule has 7 rings (SSSR count). The fourth-order valence-electron chi connectivity index (χ4n) is 9.72. The molecule has 5 fully saturated rings. The van der Waals surface area contributed by atoms with Gasteiger partial charge < -0.3 is 4.74 Å². The molecule has 1 aliphatic heterocycles. The number of carbonyl (C=O) groups excluding carboxylic acids is 1. The summed E-state index contributed by atoms with van der Waals surface area (Å²) in [6, 6.07) is -0.0346. The van der Waals surface area contributed by atoms with E-state index in [1.54, 1.807) is 12.2 Å². The normalized spacial score (nSPS) is 50.3. The van der Waals surface area contributed by atoms with E-state index in [1.165, 1.54) is 12.8 Å². The van der Waals surface area contributed by atoms with Crippen LogP contribution in [0, 0.1) is 46.8 Å². The van der Waals surface area contributed by atoms with E-state index in [1.807, 2.05) is 18.2 Å². The first-order valence-electron chi connectivity index (χ1n) is 13.7. The molecule has 34 heavy (non-hydrogen) atoms. The molecule has 0 amide bonds. The van der Waals surface area contributed by atoms with E-state index in [4.69, 9.17) is 4.74 Å². The molecule has 7 aliphatic rings. The molecule has 0 radical (unpaired) electrons. The fourth-order valence-corrected chi connectivity index (χ4v) is 9.72. The molecule has 5 saturated carbocycles. The van der Waals surface area contributed by atoms with Crippen molar-refractivity contribution in [2.45, 2.75) is 76.4 Å². The predicted molar refractivity (Wildman–Crippen MR) is 128 cm³/mol. The van der Waals surface area contributed by atoms with Crippen LogP contribution in [-0.4, -0.2) is 42.0 Å². The number of allylic oxidation sites excluding steroid dienone is 1. The Kier molecular flexibility index (Phi) is 4.70. The van der Waals surface area contributed by atoms with Gasteiger partial charge in [0, 0.05) is 5.92 Å². The van der Waals surface area contributed by atoms with Gasteiger partial charge in [0.1, 0.15) is 18.0 Å². The molecule has 0 spiro atoms. The van der Waals surface area contributed by atoms with Crippen molar-refractivity contribution in [3.63, 3.8) is 0 Å². The molecule has 1 heterocycles. The Bertz CT molecular complexity index is 992. The van der Waals surface area contributed by atoms with Crippen molar-refractivity contribution in [1.29, 1.82) is 0 Å². The Labute approximate surface area is 202 Å². The van der Waals surface area contributed by atoms with Gasteiger partial charge in [-0.05, 0) is 117 Å². The quantitative estimate of drug-likeness (QED) is 0.645. The summed E-state index contributed by atoms with van der Waals surface area (Å²) < 4.78 is 21.9. The molecule has 0 aromatic rings. The van der Waals surface area contributed by atoms with E-state index in [2.05, 4.69) is 17.5 Å². The van der Waals surface area contributed by atoms with Crippen LogP contribution in [-0.2, 0) is 9.53 Å². The highest BCUT2D eigenvalue weighted by Gasteiger charge is 2.66. The Hall–Kier alpha value is -1.69. The number of methoxy groups -OCH3 is 1. The van der Waals surface area contributed by atoms with Gasteiger partial charge in [-0.25, -0.2) is 14.9 Å². The van der Waals surface area contributed by atoms with E-state index in [9.17, 15) is 4.79 Å². The maximum atomic E-state index is 16.6. The third-order valence-corrected chi connectivity index (χ3v) is 11.4. The van der Waals surface area contributed by atoms with Crippen molar-refractivity contribution in [1.82, 2.24) is 10.5 Å². The van der Waals surface area contributed by atoms with Gasteiger partial charge in [-0.3, -0.25) is 4.79 Å². The first-order valence-corrected chi connectivity index (χ1v) is 13.7. The van der Waals surface area contributed by atoms with E-state index < -0.39 is 5.67 Å². The molecule has 0 aromatic heterocycles. The third-order valence-electron chi connectivity index (χ3n) is 11.4. The standard InChI is InChI=1S/C28H38FN3O2/c1-27-11-10-22-18(4-5-21-19-13-16(19)9-12-28(21,22)29)20(27)6-7-23(27)26(33)15-32-30-24-8-3-17(34-2)14-25(24)31-32/h3,8,14,16,18-23,25,31H,4-7,9-13,15H2,1-2H3/t16-,18+,19?,20+,21-,22+,23-,25?,27+,28-/m1/s1. The zero-order valence-corrected chi connectivity index (χ0v) is 20.5. The Morgan fingerprint density at radius 2 is 1.94 bits per heavy atom. The van der Waals surface area contributed by atoms with Gasteiger partial charge >= 0.3 is 0 Å². The van der Waals surface area contributed by atoms with Gasteiger partial charge in [0.25, 0.3) is 0 Å². The molecule has 0 aromatic carbocycles. The minimum atomic E-state index is -0.919. The topological polar surface area (TPSA) is 53.9 Å². The Morgan fingerprint density at radius 3 is 2.79 bits per heavy atom. The molecule has 184 valence electrons. The zero-order chi connectivity index (χ0) is 23.2. The number of nitrogens with one attached hydrogen (secondary N) is 1. The van der Waals surface area contributed by atoms with Crippen molar-refractivity contribution in [2.75, 3.05) is 13.7 Å². The summed E-state index contributed by atoms with van der Waals surface area (Å²) in [6.45, 7) is 2.65. The number of ketones is 1. The number of fused-ring (bicyclic) bond motifs is 8. The Balaban J connectivity index is 1.06. The SMILES string of the molecule is COC1=CC2NN(CC(=O)[C@H]3CC[C@H]4[C@@H]5CC[C@@H]6C7C[C@H]7CC[C@]6(F)[C@H]5CC[C@]34C)N=C2C=C1. The molecule has 10 atom stereocenters. The number of Topliss-reactive ketones (excluding diaryl/α,β-unsaturated/α-hetero) is 1. The lowest BCUT2D eigenvalue weighted by molar-refractivity contribution is -0.145. The van der Waals surface area contributed by atoms with Gasteiger partial charge in [0.2, 0.25) is 0 Å². The van der Waals surface area contributed by atoms with Gasteiger partial charge in [-0.15, -0.1) is 0 Å². The number of hydrogen-bond donors (Lipinski definition) is 1. The lowest BCUT2D eigenvalue weighted by atomic mass is 9.48. The number of alkyl halides is 1. The highest BCUT2D eigenvalue weighted by Crippen LogP contribution is 2.70. The van der Waals surface area contributed by atoms with E-state index in [0.717, 1.165) is 62.3 Å². The lowest BCUT2D eigenvalue weighted by Crippen LogP contribution is -2.57. The second kappa shape index (κ2) is 7.41.